The molecular weight excluding hydrogens is 206 g/mol. The zero-order valence-corrected chi connectivity index (χ0v) is 9.56. The van der Waals surface area contributed by atoms with E-state index < -0.39 is 4.92 Å². The summed E-state index contributed by atoms with van der Waals surface area (Å²) in [5.74, 6) is 0. The molecule has 1 aromatic carbocycles. The lowest BCUT2D eigenvalue weighted by molar-refractivity contribution is -0.384. The molecule has 5 heteroatoms. The van der Waals surface area contributed by atoms with Crippen molar-refractivity contribution in [1.29, 1.82) is 0 Å². The highest BCUT2D eigenvalue weighted by molar-refractivity contribution is 5.69. The molecule has 1 rings (SSSR count). The lowest BCUT2D eigenvalue weighted by Gasteiger charge is -2.15. The number of nitro groups is 1. The van der Waals surface area contributed by atoms with E-state index in [1.54, 1.807) is 6.07 Å². The molecule has 0 saturated heterocycles. The van der Waals surface area contributed by atoms with Crippen LogP contribution in [-0.4, -0.2) is 11.0 Å². The van der Waals surface area contributed by atoms with Gasteiger partial charge in [0.1, 0.15) is 0 Å². The van der Waals surface area contributed by atoms with E-state index >= 15 is 0 Å². The topological polar surface area (TPSA) is 81.2 Å². The van der Waals surface area contributed by atoms with E-state index in [1.807, 2.05) is 0 Å². The average molecular weight is 223 g/mol. The SMILES string of the molecule is CCCC(C)Nc1ccc([N+](=O)[O-])cc1N. The molecule has 0 spiro atoms. The second-order valence-electron chi connectivity index (χ2n) is 3.86. The highest BCUT2D eigenvalue weighted by atomic mass is 16.6. The van der Waals surface area contributed by atoms with Crippen molar-refractivity contribution in [1.82, 2.24) is 0 Å². The van der Waals surface area contributed by atoms with Crippen LogP contribution < -0.4 is 11.1 Å². The maximum atomic E-state index is 10.5. The summed E-state index contributed by atoms with van der Waals surface area (Å²) < 4.78 is 0. The number of nitrogens with one attached hydrogen (secondary N) is 1. The maximum absolute atomic E-state index is 10.5. The van der Waals surface area contributed by atoms with Gasteiger partial charge >= 0.3 is 0 Å². The number of nitro benzene ring substituents is 1. The molecule has 5 nitrogen and oxygen atoms in total. The molecule has 88 valence electrons. The third-order valence-electron chi connectivity index (χ3n) is 2.37. The minimum atomic E-state index is -0.449. The molecule has 0 fully saturated rings. The van der Waals surface area contributed by atoms with E-state index in [-0.39, 0.29) is 5.69 Å². The van der Waals surface area contributed by atoms with Crippen molar-refractivity contribution in [2.75, 3.05) is 11.1 Å². The number of nitrogens with two attached hydrogens (primary N) is 1. The van der Waals surface area contributed by atoms with Gasteiger partial charge in [-0.2, -0.15) is 0 Å². The molecule has 0 radical (unpaired) electrons. The monoisotopic (exact) mass is 223 g/mol. The Morgan fingerprint density at radius 1 is 1.56 bits per heavy atom. The van der Waals surface area contributed by atoms with Gasteiger partial charge < -0.3 is 11.1 Å². The summed E-state index contributed by atoms with van der Waals surface area (Å²) in [6, 6.07) is 4.80. The summed E-state index contributed by atoms with van der Waals surface area (Å²) in [4.78, 5) is 10.1. The summed E-state index contributed by atoms with van der Waals surface area (Å²) in [6.07, 6.45) is 2.12. The Bertz CT molecular complexity index is 379. The number of rotatable bonds is 5. The lowest BCUT2D eigenvalue weighted by Crippen LogP contribution is -2.15. The molecule has 0 bridgehead atoms. The normalized spacial score (nSPS) is 12.1. The largest absolute Gasteiger partial charge is 0.397 e. The second-order valence-corrected chi connectivity index (χ2v) is 3.86. The molecular formula is C11H17N3O2. The van der Waals surface area contributed by atoms with E-state index in [0.717, 1.165) is 18.5 Å². The lowest BCUT2D eigenvalue weighted by atomic mass is 10.1. The van der Waals surface area contributed by atoms with Crippen molar-refractivity contribution in [3.05, 3.63) is 28.3 Å². The number of nitrogens with zero attached hydrogens (tertiary/aromatic N) is 1. The van der Waals surface area contributed by atoms with Crippen molar-refractivity contribution in [2.24, 2.45) is 0 Å². The molecule has 0 aliphatic rings. The first-order valence-electron chi connectivity index (χ1n) is 5.35. The molecule has 0 aromatic heterocycles. The van der Waals surface area contributed by atoms with Crippen molar-refractivity contribution < 1.29 is 4.92 Å². The van der Waals surface area contributed by atoms with Crippen LogP contribution in [0.2, 0.25) is 0 Å². The van der Waals surface area contributed by atoms with Crippen LogP contribution in [-0.2, 0) is 0 Å². The highest BCUT2D eigenvalue weighted by Gasteiger charge is 2.09. The van der Waals surface area contributed by atoms with Gasteiger partial charge in [0.15, 0.2) is 0 Å². The fraction of sp³-hybridized carbons (Fsp3) is 0.455. The van der Waals surface area contributed by atoms with Crippen LogP contribution >= 0.6 is 0 Å². The van der Waals surface area contributed by atoms with Crippen LogP contribution in [0.3, 0.4) is 0 Å². The van der Waals surface area contributed by atoms with E-state index in [4.69, 9.17) is 5.73 Å². The Labute approximate surface area is 94.8 Å². The first kappa shape index (κ1) is 12.3. The smallest absolute Gasteiger partial charge is 0.271 e. The maximum Gasteiger partial charge on any atom is 0.271 e. The number of benzene rings is 1. The van der Waals surface area contributed by atoms with E-state index in [9.17, 15) is 10.1 Å². The molecule has 1 atom stereocenters. The Kier molecular flexibility index (Phi) is 4.10. The standard InChI is InChI=1S/C11H17N3O2/c1-3-4-8(2)13-11-6-5-9(14(15)16)7-10(11)12/h5-8,13H,3-4,12H2,1-2H3. The van der Waals surface area contributed by atoms with Crippen LogP contribution in [0.25, 0.3) is 0 Å². The third-order valence-corrected chi connectivity index (χ3v) is 2.37. The number of nitrogen functional groups attached to an aromatic ring is 1. The number of non-ortho nitro benzene ring substituents is 1. The van der Waals surface area contributed by atoms with Crippen LogP contribution in [0.1, 0.15) is 26.7 Å². The van der Waals surface area contributed by atoms with Crippen LogP contribution in [0.4, 0.5) is 17.1 Å². The van der Waals surface area contributed by atoms with E-state index in [2.05, 4.69) is 19.2 Å². The predicted molar refractivity (Wildman–Crippen MR) is 65.5 cm³/mol. The van der Waals surface area contributed by atoms with Gasteiger partial charge in [0, 0.05) is 18.2 Å². The fourth-order valence-electron chi connectivity index (χ4n) is 1.57. The van der Waals surface area contributed by atoms with Crippen molar-refractivity contribution >= 4 is 17.1 Å². The third kappa shape index (κ3) is 3.12. The highest BCUT2D eigenvalue weighted by Crippen LogP contribution is 2.25. The Hall–Kier alpha value is -1.78. The minimum Gasteiger partial charge on any atom is -0.397 e. The number of hydrogen-bond donors (Lipinski definition) is 2. The van der Waals surface area contributed by atoms with Gasteiger partial charge in [0.05, 0.1) is 16.3 Å². The van der Waals surface area contributed by atoms with Gasteiger partial charge in [0.25, 0.3) is 5.69 Å². The molecule has 0 amide bonds. The second kappa shape index (κ2) is 5.34. The molecule has 16 heavy (non-hydrogen) atoms. The molecule has 0 aliphatic heterocycles. The van der Waals surface area contributed by atoms with Crippen molar-refractivity contribution in [3.63, 3.8) is 0 Å². The summed E-state index contributed by atoms with van der Waals surface area (Å²) in [7, 11) is 0. The van der Waals surface area contributed by atoms with Crippen LogP contribution in [0.5, 0.6) is 0 Å². The van der Waals surface area contributed by atoms with Crippen molar-refractivity contribution in [2.45, 2.75) is 32.7 Å². The zero-order chi connectivity index (χ0) is 12.1. The molecule has 1 aromatic rings. The Morgan fingerprint density at radius 2 is 2.25 bits per heavy atom. The zero-order valence-electron chi connectivity index (χ0n) is 9.56. The summed E-state index contributed by atoms with van der Waals surface area (Å²) in [5, 5.41) is 13.7. The van der Waals surface area contributed by atoms with Gasteiger partial charge in [-0.15, -0.1) is 0 Å². The summed E-state index contributed by atoms with van der Waals surface area (Å²) >= 11 is 0. The Morgan fingerprint density at radius 3 is 2.75 bits per heavy atom. The van der Waals surface area contributed by atoms with Crippen LogP contribution in [0.15, 0.2) is 18.2 Å². The molecule has 0 heterocycles. The van der Waals surface area contributed by atoms with Crippen LogP contribution in [0, 0.1) is 10.1 Å². The van der Waals surface area contributed by atoms with Gasteiger partial charge in [-0.3, -0.25) is 10.1 Å². The molecule has 0 aliphatic carbocycles. The number of anilines is 2. The predicted octanol–water partition coefficient (Wildman–Crippen LogP) is 2.78. The fourth-order valence-corrected chi connectivity index (χ4v) is 1.57. The first-order chi connectivity index (χ1) is 7.54. The van der Waals surface area contributed by atoms with Crippen molar-refractivity contribution in [3.8, 4) is 0 Å². The quantitative estimate of drug-likeness (QED) is 0.457. The van der Waals surface area contributed by atoms with E-state index in [1.165, 1.54) is 12.1 Å². The Balaban J connectivity index is 2.79. The number of hydrogen-bond acceptors (Lipinski definition) is 4. The summed E-state index contributed by atoms with van der Waals surface area (Å²) in [6.45, 7) is 4.17. The molecule has 0 saturated carbocycles. The summed E-state index contributed by atoms with van der Waals surface area (Å²) in [5.41, 5.74) is 6.93. The average Bonchev–Trinajstić information content (AvgIpc) is 2.21. The first-order valence-corrected chi connectivity index (χ1v) is 5.35. The van der Waals surface area contributed by atoms with Gasteiger partial charge in [-0.25, -0.2) is 0 Å². The minimum absolute atomic E-state index is 0.0196. The molecule has 1 unspecified atom stereocenters. The van der Waals surface area contributed by atoms with E-state index in [0.29, 0.717) is 11.7 Å². The van der Waals surface area contributed by atoms with Gasteiger partial charge in [0.2, 0.25) is 0 Å². The van der Waals surface area contributed by atoms with Gasteiger partial charge in [-0.05, 0) is 19.4 Å². The molecule has 3 N–H and O–H groups in total. The van der Waals surface area contributed by atoms with Gasteiger partial charge in [-0.1, -0.05) is 13.3 Å².